The largest absolute Gasteiger partial charge is 0.486 e. The molecule has 0 amide bonds. The van der Waals surface area contributed by atoms with Gasteiger partial charge in [-0.1, -0.05) is 6.07 Å². The molecule has 0 aliphatic heterocycles. The smallest absolute Gasteiger partial charge is 0.195 e. The molecule has 1 aromatic rings. The molecule has 0 fully saturated rings. The average molecular weight is 220 g/mol. The molecule has 0 radical (unpaired) electrons. The number of ether oxygens (including phenoxy) is 1. The van der Waals surface area contributed by atoms with Crippen LogP contribution in [0.5, 0.6) is 5.75 Å². The van der Waals surface area contributed by atoms with Gasteiger partial charge < -0.3 is 9.84 Å². The van der Waals surface area contributed by atoms with Gasteiger partial charge in [-0.25, -0.2) is 0 Å². The van der Waals surface area contributed by atoms with Crippen molar-refractivity contribution in [3.63, 3.8) is 0 Å². The summed E-state index contributed by atoms with van der Waals surface area (Å²) in [7, 11) is 0. The summed E-state index contributed by atoms with van der Waals surface area (Å²) >= 11 is 0. The molecule has 16 heavy (non-hydrogen) atoms. The Balaban J connectivity index is 2.03. The van der Waals surface area contributed by atoms with E-state index in [2.05, 4.69) is 6.07 Å². The number of aliphatic hydroxyl groups is 1. The molecule has 0 bridgehead atoms. The van der Waals surface area contributed by atoms with Gasteiger partial charge in [0.1, 0.15) is 19.0 Å². The van der Waals surface area contributed by atoms with Crippen LogP contribution in [0.15, 0.2) is 18.2 Å². The van der Waals surface area contributed by atoms with Crippen molar-refractivity contribution in [2.24, 2.45) is 0 Å². The van der Waals surface area contributed by atoms with Gasteiger partial charge >= 0.3 is 0 Å². The van der Waals surface area contributed by atoms with E-state index in [4.69, 9.17) is 9.84 Å². The molecular formula is C13H16O3. The van der Waals surface area contributed by atoms with E-state index in [-0.39, 0.29) is 12.4 Å². The maximum atomic E-state index is 10.9. The fraction of sp³-hybridized carbons (Fsp3) is 0.462. The van der Waals surface area contributed by atoms with Crippen LogP contribution in [0.25, 0.3) is 0 Å². The number of carbonyl (C=O) groups excluding carboxylic acids is 1. The minimum Gasteiger partial charge on any atom is -0.486 e. The molecule has 0 heterocycles. The number of aliphatic hydroxyl groups excluding tert-OH is 1. The first kappa shape index (κ1) is 11.1. The lowest BCUT2D eigenvalue weighted by Gasteiger charge is -2.16. The fourth-order valence-electron chi connectivity index (χ4n) is 2.01. The number of carbonyl (C=O) groups is 1. The van der Waals surface area contributed by atoms with Gasteiger partial charge in [-0.2, -0.15) is 0 Å². The lowest BCUT2D eigenvalue weighted by atomic mass is 9.92. The standard InChI is InChI=1S/C13H16O3/c14-8-12(15)9-16-13-6-5-10-3-1-2-4-11(10)7-13/h5-7,14H,1-4,8-9H2. The number of hydrogen-bond donors (Lipinski definition) is 1. The number of rotatable bonds is 4. The lowest BCUT2D eigenvalue weighted by Crippen LogP contribution is -2.15. The summed E-state index contributed by atoms with van der Waals surface area (Å²) in [6.07, 6.45) is 4.73. The van der Waals surface area contributed by atoms with Crippen molar-refractivity contribution in [3.8, 4) is 5.75 Å². The Morgan fingerprint density at radius 1 is 1.25 bits per heavy atom. The third-order valence-corrected chi connectivity index (χ3v) is 2.90. The maximum Gasteiger partial charge on any atom is 0.195 e. The minimum absolute atomic E-state index is 0.0463. The van der Waals surface area contributed by atoms with Crippen LogP contribution < -0.4 is 4.74 Å². The summed E-state index contributed by atoms with van der Waals surface area (Å²) in [5, 5.41) is 8.58. The number of hydrogen-bond acceptors (Lipinski definition) is 3. The zero-order valence-corrected chi connectivity index (χ0v) is 9.24. The van der Waals surface area contributed by atoms with Crippen molar-refractivity contribution in [2.45, 2.75) is 25.7 Å². The Labute approximate surface area is 95.0 Å². The molecule has 1 aliphatic rings. The molecule has 0 atom stereocenters. The molecule has 0 spiro atoms. The number of Topliss-reactive ketones (excluding diaryl/α,β-unsaturated/α-hetero) is 1. The average Bonchev–Trinajstić information content (AvgIpc) is 2.35. The van der Waals surface area contributed by atoms with Crippen molar-refractivity contribution in [2.75, 3.05) is 13.2 Å². The highest BCUT2D eigenvalue weighted by molar-refractivity contribution is 5.80. The quantitative estimate of drug-likeness (QED) is 0.836. The zero-order valence-electron chi connectivity index (χ0n) is 9.24. The molecule has 1 aromatic carbocycles. The molecular weight excluding hydrogens is 204 g/mol. The number of fused-ring (bicyclic) bond motifs is 1. The van der Waals surface area contributed by atoms with Crippen LogP contribution >= 0.6 is 0 Å². The molecule has 0 saturated carbocycles. The summed E-state index contributed by atoms with van der Waals surface area (Å²) in [5.74, 6) is 0.431. The highest BCUT2D eigenvalue weighted by atomic mass is 16.5. The highest BCUT2D eigenvalue weighted by Crippen LogP contribution is 2.25. The van der Waals surface area contributed by atoms with E-state index in [0.29, 0.717) is 0 Å². The topological polar surface area (TPSA) is 46.5 Å². The SMILES string of the molecule is O=C(CO)COc1ccc2c(c1)CCCC2. The van der Waals surface area contributed by atoms with Crippen molar-refractivity contribution < 1.29 is 14.6 Å². The van der Waals surface area contributed by atoms with E-state index in [1.165, 1.54) is 24.0 Å². The van der Waals surface area contributed by atoms with Gasteiger partial charge in [-0.15, -0.1) is 0 Å². The Kier molecular flexibility index (Phi) is 3.57. The van der Waals surface area contributed by atoms with Gasteiger partial charge in [0.2, 0.25) is 0 Å². The van der Waals surface area contributed by atoms with Crippen LogP contribution in [0.4, 0.5) is 0 Å². The highest BCUT2D eigenvalue weighted by Gasteiger charge is 2.10. The molecule has 0 aromatic heterocycles. The predicted octanol–water partition coefficient (Wildman–Crippen LogP) is 1.51. The number of aryl methyl sites for hydroxylation is 2. The van der Waals surface area contributed by atoms with E-state index >= 15 is 0 Å². The molecule has 0 unspecified atom stereocenters. The Hall–Kier alpha value is -1.35. The van der Waals surface area contributed by atoms with E-state index in [1.54, 1.807) is 0 Å². The normalized spacial score (nSPS) is 14.3. The summed E-state index contributed by atoms with van der Waals surface area (Å²) in [4.78, 5) is 10.9. The number of ketones is 1. The van der Waals surface area contributed by atoms with E-state index in [9.17, 15) is 4.79 Å². The Morgan fingerprint density at radius 3 is 2.75 bits per heavy atom. The summed E-state index contributed by atoms with van der Waals surface area (Å²) in [6, 6.07) is 5.99. The third kappa shape index (κ3) is 2.61. The zero-order chi connectivity index (χ0) is 11.4. The minimum atomic E-state index is -0.453. The summed E-state index contributed by atoms with van der Waals surface area (Å²) in [6.45, 7) is -0.500. The summed E-state index contributed by atoms with van der Waals surface area (Å²) < 4.78 is 5.32. The van der Waals surface area contributed by atoms with Gasteiger partial charge in [0, 0.05) is 0 Å². The van der Waals surface area contributed by atoms with Crippen molar-refractivity contribution in [3.05, 3.63) is 29.3 Å². The second kappa shape index (κ2) is 5.12. The van der Waals surface area contributed by atoms with Gasteiger partial charge in [-0.05, 0) is 48.9 Å². The summed E-state index contributed by atoms with van der Waals surface area (Å²) in [5.41, 5.74) is 2.73. The molecule has 86 valence electrons. The molecule has 3 heteroatoms. The Bertz CT molecular complexity index is 385. The molecule has 0 saturated heterocycles. The second-order valence-corrected chi connectivity index (χ2v) is 4.12. The van der Waals surface area contributed by atoms with Crippen molar-refractivity contribution >= 4 is 5.78 Å². The monoisotopic (exact) mass is 220 g/mol. The van der Waals surface area contributed by atoms with Crippen LogP contribution in [0.3, 0.4) is 0 Å². The van der Waals surface area contributed by atoms with Gasteiger partial charge in [-0.3, -0.25) is 4.79 Å². The van der Waals surface area contributed by atoms with E-state index in [1.807, 2.05) is 12.1 Å². The first-order valence-electron chi connectivity index (χ1n) is 5.67. The molecule has 1 aliphatic carbocycles. The van der Waals surface area contributed by atoms with Gasteiger partial charge in [0.05, 0.1) is 0 Å². The van der Waals surface area contributed by atoms with E-state index in [0.717, 1.165) is 18.6 Å². The van der Waals surface area contributed by atoms with Crippen LogP contribution in [0, 0.1) is 0 Å². The molecule has 2 rings (SSSR count). The number of benzene rings is 1. The first-order chi connectivity index (χ1) is 7.79. The van der Waals surface area contributed by atoms with Crippen LogP contribution in [0.2, 0.25) is 0 Å². The first-order valence-corrected chi connectivity index (χ1v) is 5.67. The van der Waals surface area contributed by atoms with Gasteiger partial charge in [0.15, 0.2) is 5.78 Å². The second-order valence-electron chi connectivity index (χ2n) is 4.12. The fourth-order valence-corrected chi connectivity index (χ4v) is 2.01. The van der Waals surface area contributed by atoms with Crippen LogP contribution in [-0.4, -0.2) is 24.1 Å². The van der Waals surface area contributed by atoms with E-state index < -0.39 is 6.61 Å². The lowest BCUT2D eigenvalue weighted by molar-refractivity contribution is -0.123. The van der Waals surface area contributed by atoms with Crippen LogP contribution in [-0.2, 0) is 17.6 Å². The third-order valence-electron chi connectivity index (χ3n) is 2.90. The van der Waals surface area contributed by atoms with Crippen molar-refractivity contribution in [1.29, 1.82) is 0 Å². The predicted molar refractivity (Wildman–Crippen MR) is 60.7 cm³/mol. The Morgan fingerprint density at radius 2 is 2.00 bits per heavy atom. The van der Waals surface area contributed by atoms with Crippen LogP contribution in [0.1, 0.15) is 24.0 Å². The molecule has 3 nitrogen and oxygen atoms in total. The molecule has 1 N–H and O–H groups in total. The van der Waals surface area contributed by atoms with Crippen molar-refractivity contribution in [1.82, 2.24) is 0 Å². The van der Waals surface area contributed by atoms with Gasteiger partial charge in [0.25, 0.3) is 0 Å². The maximum absolute atomic E-state index is 10.9.